The second-order valence-electron chi connectivity index (χ2n) is 4.19. The summed E-state index contributed by atoms with van der Waals surface area (Å²) in [4.78, 5) is 20.5. The first-order chi connectivity index (χ1) is 10.6. The summed E-state index contributed by atoms with van der Waals surface area (Å²) in [5.41, 5.74) is -0.709. The molecule has 2 N–H and O–H groups in total. The lowest BCUT2D eigenvalue weighted by Gasteiger charge is -2.19. The molecule has 0 aliphatic carbocycles. The van der Waals surface area contributed by atoms with Gasteiger partial charge in [0.25, 0.3) is 10.1 Å². The summed E-state index contributed by atoms with van der Waals surface area (Å²) in [7, 11) is -3.46. The Morgan fingerprint density at radius 3 is 2.22 bits per heavy atom. The Labute approximate surface area is 128 Å². The van der Waals surface area contributed by atoms with Gasteiger partial charge in [0.2, 0.25) is 5.95 Å². The molecule has 2 aromatic rings. The normalized spacial score (nSPS) is 11.3. The van der Waals surface area contributed by atoms with Crippen molar-refractivity contribution in [3.8, 4) is 0 Å². The lowest BCUT2D eigenvalue weighted by atomic mass is 10.1. The largest absolute Gasteiger partial charge is 0.478 e. The fourth-order valence-corrected chi connectivity index (χ4v) is 2.20. The molecule has 0 fully saturated rings. The van der Waals surface area contributed by atoms with Gasteiger partial charge in [0.15, 0.2) is 0 Å². The molecule has 0 aliphatic rings. The highest BCUT2D eigenvalue weighted by Crippen LogP contribution is 2.27. The molecule has 0 unspecified atom stereocenters. The summed E-state index contributed by atoms with van der Waals surface area (Å²) in [6, 6.07) is 2.58. The number of carbonyl (C=O) groups is 1. The average Bonchev–Trinajstić information content (AvgIpc) is 2.43. The maximum Gasteiger partial charge on any atom is 0.337 e. The van der Waals surface area contributed by atoms with Gasteiger partial charge < -0.3 is 10.0 Å². The van der Waals surface area contributed by atoms with Crippen LogP contribution in [-0.2, 0) is 10.1 Å². The zero-order valence-electron chi connectivity index (χ0n) is 11.3. The van der Waals surface area contributed by atoms with Crippen molar-refractivity contribution < 1.29 is 31.7 Å². The van der Waals surface area contributed by atoms with E-state index >= 15 is 0 Å². The van der Waals surface area contributed by atoms with Gasteiger partial charge in [-0.25, -0.2) is 4.79 Å². The minimum atomic E-state index is -4.62. The molecule has 0 saturated heterocycles. The van der Waals surface area contributed by atoms with Crippen LogP contribution >= 0.6 is 0 Å². The lowest BCUT2D eigenvalue weighted by molar-refractivity contribution is 0.0697. The smallest absolute Gasteiger partial charge is 0.337 e. The highest BCUT2D eigenvalue weighted by molar-refractivity contribution is 7.85. The van der Waals surface area contributed by atoms with Crippen molar-refractivity contribution in [2.24, 2.45) is 0 Å². The van der Waals surface area contributed by atoms with Gasteiger partial charge in [-0.15, -0.1) is 0 Å². The molecule has 0 aliphatic heterocycles. The maximum atomic E-state index is 13.1. The second-order valence-corrected chi connectivity index (χ2v) is 5.61. The monoisotopic (exact) mass is 346 g/mol. The minimum Gasteiger partial charge on any atom is -0.478 e. The minimum absolute atomic E-state index is 0.308. The number of hydrogen-bond acceptors (Lipinski definition) is 7. The quantitative estimate of drug-likeness (QED) is 0.773. The highest BCUT2D eigenvalue weighted by Gasteiger charge is 2.21. The molecule has 0 atom stereocenters. The molecular weight excluding hydrogens is 338 g/mol. The average molecular weight is 346 g/mol. The van der Waals surface area contributed by atoms with Gasteiger partial charge in [-0.1, -0.05) is 0 Å². The first-order valence-electron chi connectivity index (χ1n) is 5.75. The van der Waals surface area contributed by atoms with Crippen LogP contribution in [0.15, 0.2) is 23.1 Å². The van der Waals surface area contributed by atoms with Gasteiger partial charge in [-0.2, -0.15) is 32.2 Å². The second kappa shape index (κ2) is 5.81. The zero-order valence-corrected chi connectivity index (χ0v) is 12.1. The Balaban J connectivity index is 2.65. The molecule has 9 nitrogen and oxygen atoms in total. The fourth-order valence-electron chi connectivity index (χ4n) is 1.70. The van der Waals surface area contributed by atoms with Crippen LogP contribution in [0, 0.1) is 12.2 Å². The molecule has 1 aromatic carbocycles. The molecular formula is C11H8F2N4O5S. The van der Waals surface area contributed by atoms with E-state index in [0.717, 1.165) is 30.1 Å². The summed E-state index contributed by atoms with van der Waals surface area (Å²) < 4.78 is 57.5. The van der Waals surface area contributed by atoms with Crippen LogP contribution < -0.4 is 4.90 Å². The van der Waals surface area contributed by atoms with Crippen LogP contribution in [0.2, 0.25) is 0 Å². The van der Waals surface area contributed by atoms with Gasteiger partial charge >= 0.3 is 18.1 Å². The van der Waals surface area contributed by atoms with Gasteiger partial charge in [-0.3, -0.25) is 4.55 Å². The Morgan fingerprint density at radius 1 is 1.17 bits per heavy atom. The Morgan fingerprint density at radius 2 is 1.74 bits per heavy atom. The van der Waals surface area contributed by atoms with E-state index in [1.54, 1.807) is 0 Å². The number of rotatable bonds is 4. The van der Waals surface area contributed by atoms with Gasteiger partial charge in [0, 0.05) is 7.05 Å². The molecule has 1 aromatic heterocycles. The van der Waals surface area contributed by atoms with Crippen LogP contribution in [0.4, 0.5) is 20.4 Å². The van der Waals surface area contributed by atoms with Crippen molar-refractivity contribution in [3.05, 3.63) is 35.9 Å². The Bertz CT molecular complexity index is 870. The van der Waals surface area contributed by atoms with Gasteiger partial charge in [0.05, 0.1) is 16.1 Å². The number of halogens is 2. The lowest BCUT2D eigenvalue weighted by Crippen LogP contribution is -2.19. The maximum absolute atomic E-state index is 13.1. The zero-order chi connectivity index (χ0) is 17.4. The van der Waals surface area contributed by atoms with Crippen LogP contribution in [-0.4, -0.2) is 46.0 Å². The van der Waals surface area contributed by atoms with E-state index in [1.165, 1.54) is 0 Å². The molecule has 122 valence electrons. The number of benzene rings is 1. The molecule has 12 heteroatoms. The standard InChI is InChI=1S/C11H8F2N4O5S/c1-17(11-15-9(12)14-10(13)16-11)7-4-5(23(20,21)22)2-3-6(7)8(18)19/h2-4H,1H3,(H,18,19)(H,20,21,22). The summed E-state index contributed by atoms with van der Waals surface area (Å²) in [5.74, 6) is -2.03. The molecule has 0 bridgehead atoms. The van der Waals surface area contributed by atoms with Crippen LogP contribution in [0.1, 0.15) is 10.4 Å². The third-order valence-corrected chi connectivity index (χ3v) is 3.58. The third-order valence-electron chi connectivity index (χ3n) is 2.73. The predicted molar refractivity (Wildman–Crippen MR) is 71.0 cm³/mol. The van der Waals surface area contributed by atoms with E-state index in [4.69, 9.17) is 9.66 Å². The summed E-state index contributed by atoms with van der Waals surface area (Å²) in [6.07, 6.45) is -2.88. The molecule has 1 heterocycles. The van der Waals surface area contributed by atoms with Crippen molar-refractivity contribution in [2.75, 3.05) is 11.9 Å². The van der Waals surface area contributed by atoms with Crippen molar-refractivity contribution in [3.63, 3.8) is 0 Å². The Kier molecular flexibility index (Phi) is 4.20. The first kappa shape index (κ1) is 16.6. The number of nitrogens with zero attached hydrogens (tertiary/aromatic N) is 4. The van der Waals surface area contributed by atoms with Gasteiger partial charge in [-0.05, 0) is 18.2 Å². The Hall–Kier alpha value is -2.73. The number of aromatic carboxylic acids is 1. The van der Waals surface area contributed by atoms with E-state index in [2.05, 4.69) is 15.0 Å². The van der Waals surface area contributed by atoms with E-state index in [0.29, 0.717) is 0 Å². The van der Waals surface area contributed by atoms with E-state index in [1.807, 2.05) is 0 Å². The molecule has 23 heavy (non-hydrogen) atoms. The van der Waals surface area contributed by atoms with Crippen molar-refractivity contribution in [1.82, 2.24) is 15.0 Å². The van der Waals surface area contributed by atoms with E-state index in [-0.39, 0.29) is 5.69 Å². The molecule has 0 spiro atoms. The van der Waals surface area contributed by atoms with Crippen molar-refractivity contribution in [2.45, 2.75) is 4.90 Å². The van der Waals surface area contributed by atoms with E-state index < -0.39 is 44.7 Å². The van der Waals surface area contributed by atoms with Gasteiger partial charge in [0.1, 0.15) is 0 Å². The molecule has 0 amide bonds. The fraction of sp³-hybridized carbons (Fsp3) is 0.0909. The van der Waals surface area contributed by atoms with Crippen molar-refractivity contribution >= 4 is 27.7 Å². The van der Waals surface area contributed by atoms with Crippen LogP contribution in [0.25, 0.3) is 0 Å². The molecule has 0 radical (unpaired) electrons. The number of carboxylic acids is 1. The number of hydrogen-bond donors (Lipinski definition) is 2. The van der Waals surface area contributed by atoms with Crippen LogP contribution in [0.3, 0.4) is 0 Å². The summed E-state index contributed by atoms with van der Waals surface area (Å²) in [5, 5.41) is 9.12. The third kappa shape index (κ3) is 3.54. The number of anilines is 2. The van der Waals surface area contributed by atoms with E-state index in [9.17, 15) is 22.0 Å². The van der Waals surface area contributed by atoms with Crippen molar-refractivity contribution in [1.29, 1.82) is 0 Å². The summed E-state index contributed by atoms with van der Waals surface area (Å²) >= 11 is 0. The topological polar surface area (TPSA) is 134 Å². The number of carboxylic acid groups (broad SMARTS) is 1. The SMILES string of the molecule is CN(c1nc(F)nc(F)n1)c1cc(S(=O)(=O)O)ccc1C(=O)O. The molecule has 2 rings (SSSR count). The highest BCUT2D eigenvalue weighted by atomic mass is 32.2. The molecule has 0 saturated carbocycles. The first-order valence-corrected chi connectivity index (χ1v) is 7.19. The number of aromatic nitrogens is 3. The predicted octanol–water partition coefficient (Wildman–Crippen LogP) is 0.863. The van der Waals surface area contributed by atoms with Crippen LogP contribution in [0.5, 0.6) is 0 Å². The summed E-state index contributed by atoms with van der Waals surface area (Å²) in [6.45, 7) is 0.